The average molecular weight is 312 g/mol. The second-order valence-corrected chi connectivity index (χ2v) is 6.85. The standard InChI is InChI=1S/C13H24N6OS/c20-12(9-18-7-5-14-6-8-18)10-21-13-15-16-17-19(13)11-3-1-2-4-11/h11-12,14,20H,1-10H2. The van der Waals surface area contributed by atoms with Crippen molar-refractivity contribution in [3.05, 3.63) is 0 Å². The third-order valence-corrected chi connectivity index (χ3v) is 5.29. The summed E-state index contributed by atoms with van der Waals surface area (Å²) >= 11 is 1.57. The Morgan fingerprint density at radius 1 is 1.29 bits per heavy atom. The molecule has 2 N–H and O–H groups in total. The molecule has 1 aliphatic heterocycles. The molecule has 1 aliphatic carbocycles. The summed E-state index contributed by atoms with van der Waals surface area (Å²) in [5.41, 5.74) is 0. The molecule has 7 nitrogen and oxygen atoms in total. The number of hydrogen-bond donors (Lipinski definition) is 2. The summed E-state index contributed by atoms with van der Waals surface area (Å²) in [7, 11) is 0. The van der Waals surface area contributed by atoms with E-state index in [0.29, 0.717) is 11.8 Å². The Morgan fingerprint density at radius 3 is 2.81 bits per heavy atom. The number of piperazine rings is 1. The Hall–Kier alpha value is -0.700. The van der Waals surface area contributed by atoms with Crippen molar-refractivity contribution in [2.75, 3.05) is 38.5 Å². The fraction of sp³-hybridized carbons (Fsp3) is 0.923. The molecule has 3 rings (SSSR count). The van der Waals surface area contributed by atoms with Gasteiger partial charge in [0.15, 0.2) is 0 Å². The van der Waals surface area contributed by atoms with Crippen LogP contribution in [0.5, 0.6) is 0 Å². The van der Waals surface area contributed by atoms with Gasteiger partial charge in [-0.1, -0.05) is 24.6 Å². The highest BCUT2D eigenvalue weighted by molar-refractivity contribution is 7.99. The molecule has 0 bridgehead atoms. The number of aliphatic hydroxyl groups excluding tert-OH is 1. The molecule has 8 heteroatoms. The van der Waals surface area contributed by atoms with Crippen LogP contribution in [0.1, 0.15) is 31.7 Å². The van der Waals surface area contributed by atoms with E-state index in [4.69, 9.17) is 0 Å². The molecule has 2 aliphatic rings. The summed E-state index contributed by atoms with van der Waals surface area (Å²) in [6, 6.07) is 0.452. The number of aromatic nitrogens is 4. The molecule has 1 aromatic heterocycles. The maximum atomic E-state index is 10.2. The van der Waals surface area contributed by atoms with Crippen LogP contribution < -0.4 is 5.32 Å². The lowest BCUT2D eigenvalue weighted by Gasteiger charge is -2.28. The van der Waals surface area contributed by atoms with Crippen LogP contribution >= 0.6 is 11.8 Å². The van der Waals surface area contributed by atoms with Gasteiger partial charge < -0.3 is 10.4 Å². The third kappa shape index (κ3) is 4.15. The second-order valence-electron chi connectivity index (χ2n) is 5.86. The van der Waals surface area contributed by atoms with Gasteiger partial charge in [-0.2, -0.15) is 0 Å². The summed E-state index contributed by atoms with van der Waals surface area (Å²) in [6.07, 6.45) is 4.53. The Balaban J connectivity index is 1.47. The first-order valence-electron chi connectivity index (χ1n) is 7.85. The summed E-state index contributed by atoms with van der Waals surface area (Å²) in [5.74, 6) is 0.650. The zero-order valence-corrected chi connectivity index (χ0v) is 13.1. The minimum Gasteiger partial charge on any atom is -0.391 e. The number of β-amino-alcohol motifs (C(OH)–C–C–N with tert-alkyl or cyclic N) is 1. The summed E-state index contributed by atoms with van der Waals surface area (Å²) in [6.45, 7) is 4.79. The van der Waals surface area contributed by atoms with Crippen LogP contribution in [-0.4, -0.2) is 74.8 Å². The van der Waals surface area contributed by atoms with Gasteiger partial charge >= 0.3 is 0 Å². The first kappa shape index (κ1) is 15.2. The molecule has 1 atom stereocenters. The van der Waals surface area contributed by atoms with E-state index in [1.54, 1.807) is 11.8 Å². The molecule has 0 aromatic carbocycles. The van der Waals surface area contributed by atoms with E-state index < -0.39 is 0 Å². The molecule has 1 unspecified atom stereocenters. The first-order chi connectivity index (χ1) is 10.3. The van der Waals surface area contributed by atoms with Crippen molar-refractivity contribution >= 4 is 11.8 Å². The molecule has 2 heterocycles. The number of aliphatic hydroxyl groups is 1. The van der Waals surface area contributed by atoms with Gasteiger partial charge in [-0.05, 0) is 23.3 Å². The number of rotatable bonds is 6. The van der Waals surface area contributed by atoms with Gasteiger partial charge in [0, 0.05) is 38.5 Å². The fourth-order valence-corrected chi connectivity index (χ4v) is 3.93. The molecule has 1 saturated carbocycles. The van der Waals surface area contributed by atoms with Gasteiger partial charge in [-0.25, -0.2) is 4.68 Å². The van der Waals surface area contributed by atoms with E-state index >= 15 is 0 Å². The number of nitrogens with zero attached hydrogens (tertiary/aromatic N) is 5. The van der Waals surface area contributed by atoms with Gasteiger partial charge in [0.2, 0.25) is 5.16 Å². The molecule has 0 amide bonds. The molecule has 1 aromatic rings. The van der Waals surface area contributed by atoms with Crippen LogP contribution in [0, 0.1) is 0 Å². The molecule has 2 fully saturated rings. The first-order valence-corrected chi connectivity index (χ1v) is 8.83. The fourth-order valence-electron chi connectivity index (χ4n) is 3.07. The van der Waals surface area contributed by atoms with Crippen molar-refractivity contribution in [3.8, 4) is 0 Å². The van der Waals surface area contributed by atoms with Crippen molar-refractivity contribution in [2.45, 2.75) is 43.0 Å². The number of tetrazole rings is 1. The molecule has 1 saturated heterocycles. The topological polar surface area (TPSA) is 79.1 Å². The van der Waals surface area contributed by atoms with Gasteiger partial charge in [-0.3, -0.25) is 4.90 Å². The van der Waals surface area contributed by atoms with Crippen molar-refractivity contribution in [3.63, 3.8) is 0 Å². The zero-order valence-electron chi connectivity index (χ0n) is 12.3. The quantitative estimate of drug-likeness (QED) is 0.724. The highest BCUT2D eigenvalue weighted by Crippen LogP contribution is 2.31. The molecule has 21 heavy (non-hydrogen) atoms. The van der Waals surface area contributed by atoms with E-state index in [2.05, 4.69) is 25.7 Å². The van der Waals surface area contributed by atoms with Crippen LogP contribution in [0.2, 0.25) is 0 Å². The smallest absolute Gasteiger partial charge is 0.209 e. The van der Waals surface area contributed by atoms with Gasteiger partial charge in [0.25, 0.3) is 0 Å². The van der Waals surface area contributed by atoms with Gasteiger partial charge in [0.1, 0.15) is 0 Å². The maximum Gasteiger partial charge on any atom is 0.209 e. The lowest BCUT2D eigenvalue weighted by atomic mass is 10.3. The summed E-state index contributed by atoms with van der Waals surface area (Å²) in [4.78, 5) is 2.31. The Morgan fingerprint density at radius 2 is 2.05 bits per heavy atom. The maximum absolute atomic E-state index is 10.2. The molecule has 0 spiro atoms. The lowest BCUT2D eigenvalue weighted by molar-refractivity contribution is 0.121. The monoisotopic (exact) mass is 312 g/mol. The average Bonchev–Trinajstić information content (AvgIpc) is 3.17. The Labute approximate surface area is 129 Å². The van der Waals surface area contributed by atoms with Crippen LogP contribution in [0.15, 0.2) is 5.16 Å². The van der Waals surface area contributed by atoms with Crippen molar-refractivity contribution in [1.82, 2.24) is 30.4 Å². The van der Waals surface area contributed by atoms with E-state index in [0.717, 1.165) is 37.9 Å². The number of hydrogen-bond acceptors (Lipinski definition) is 7. The highest BCUT2D eigenvalue weighted by atomic mass is 32.2. The summed E-state index contributed by atoms with van der Waals surface area (Å²) in [5, 5.41) is 26.4. The highest BCUT2D eigenvalue weighted by Gasteiger charge is 2.22. The molecule has 0 radical (unpaired) electrons. The molecular formula is C13H24N6OS. The predicted molar refractivity (Wildman–Crippen MR) is 81.4 cm³/mol. The summed E-state index contributed by atoms with van der Waals surface area (Å²) < 4.78 is 1.95. The van der Waals surface area contributed by atoms with Crippen molar-refractivity contribution < 1.29 is 5.11 Å². The van der Waals surface area contributed by atoms with E-state index in [-0.39, 0.29) is 6.10 Å². The van der Waals surface area contributed by atoms with Crippen LogP contribution in [0.25, 0.3) is 0 Å². The Kier molecular flexibility index (Phi) is 5.45. The van der Waals surface area contributed by atoms with Crippen molar-refractivity contribution in [1.29, 1.82) is 0 Å². The SMILES string of the molecule is OC(CSc1nnnn1C1CCCC1)CN1CCNCC1. The zero-order chi connectivity index (χ0) is 14.5. The van der Waals surface area contributed by atoms with Crippen LogP contribution in [0.3, 0.4) is 0 Å². The normalized spacial score (nSPS) is 22.7. The van der Waals surface area contributed by atoms with Crippen LogP contribution in [-0.2, 0) is 0 Å². The minimum atomic E-state index is -0.332. The van der Waals surface area contributed by atoms with Crippen molar-refractivity contribution in [2.24, 2.45) is 0 Å². The van der Waals surface area contributed by atoms with E-state index in [1.807, 2.05) is 4.68 Å². The third-order valence-electron chi connectivity index (χ3n) is 4.22. The van der Waals surface area contributed by atoms with E-state index in [1.165, 1.54) is 25.7 Å². The Bertz CT molecular complexity index is 430. The van der Waals surface area contributed by atoms with E-state index in [9.17, 15) is 5.11 Å². The number of nitrogens with one attached hydrogen (secondary N) is 1. The van der Waals surface area contributed by atoms with Crippen LogP contribution in [0.4, 0.5) is 0 Å². The predicted octanol–water partition coefficient (Wildman–Crippen LogP) is 0.146. The molecular weight excluding hydrogens is 288 g/mol. The second kappa shape index (κ2) is 7.53. The molecule has 118 valence electrons. The minimum absolute atomic E-state index is 0.332. The largest absolute Gasteiger partial charge is 0.391 e. The lowest BCUT2D eigenvalue weighted by Crippen LogP contribution is -2.46. The van der Waals surface area contributed by atoms with Gasteiger partial charge in [-0.15, -0.1) is 5.10 Å². The van der Waals surface area contributed by atoms with Gasteiger partial charge in [0.05, 0.1) is 12.1 Å². The number of thioether (sulfide) groups is 1.